The van der Waals surface area contributed by atoms with Crippen LogP contribution in [0.25, 0.3) is 0 Å². The van der Waals surface area contributed by atoms with E-state index in [1.54, 1.807) is 0 Å². The van der Waals surface area contributed by atoms with Gasteiger partial charge in [-0.15, -0.1) is 6.58 Å². The van der Waals surface area contributed by atoms with Gasteiger partial charge in [0.15, 0.2) is 0 Å². The number of hydrogen-bond acceptors (Lipinski definition) is 1. The number of rotatable bonds is 5. The molecule has 0 fully saturated rings. The van der Waals surface area contributed by atoms with Crippen molar-refractivity contribution in [2.24, 2.45) is 0 Å². The van der Waals surface area contributed by atoms with Crippen LogP contribution in [0.15, 0.2) is 12.2 Å². The maximum absolute atomic E-state index is 9.07. The quantitative estimate of drug-likeness (QED) is 0.517. The lowest BCUT2D eigenvalue weighted by Gasteiger charge is -2.17. The van der Waals surface area contributed by atoms with E-state index in [4.69, 9.17) is 5.11 Å². The van der Waals surface area contributed by atoms with Crippen LogP contribution in [0.2, 0.25) is 25.7 Å². The van der Waals surface area contributed by atoms with Gasteiger partial charge in [-0.05, 0) is 25.8 Å². The van der Waals surface area contributed by atoms with Crippen LogP contribution in [0.3, 0.4) is 0 Å². The highest BCUT2D eigenvalue weighted by atomic mass is 28.3. The zero-order valence-corrected chi connectivity index (χ0v) is 9.85. The van der Waals surface area contributed by atoms with Crippen molar-refractivity contribution in [3.8, 4) is 0 Å². The lowest BCUT2D eigenvalue weighted by molar-refractivity contribution is 0.185. The summed E-state index contributed by atoms with van der Waals surface area (Å²) in [5, 5.41) is 9.07. The molecular formula is C10H22OSi. The molecule has 0 spiro atoms. The highest BCUT2D eigenvalue weighted by Crippen LogP contribution is 2.18. The molecule has 12 heavy (non-hydrogen) atoms. The molecule has 0 aromatic rings. The molecule has 0 aromatic heterocycles. The van der Waals surface area contributed by atoms with Crippen LogP contribution in [-0.2, 0) is 0 Å². The fourth-order valence-electron chi connectivity index (χ4n) is 1.25. The molecule has 1 nitrogen and oxygen atoms in total. The zero-order chi connectivity index (χ0) is 9.78. The highest BCUT2D eigenvalue weighted by molar-refractivity contribution is 6.76. The number of hydrogen-bond donors (Lipinski definition) is 1. The van der Waals surface area contributed by atoms with Gasteiger partial charge in [0.2, 0.25) is 0 Å². The third kappa shape index (κ3) is 8.02. The van der Waals surface area contributed by atoms with Crippen LogP contribution in [0.5, 0.6) is 0 Å². The summed E-state index contributed by atoms with van der Waals surface area (Å²) in [5.41, 5.74) is 1.31. The minimum atomic E-state index is -0.973. The standard InChI is InChI=1S/C10H22OSi/c1-9(6-7-10(2)11)8-12(3,4)5/h10-11H,1,6-8H2,2-5H3/t10-/m1/s1. The molecule has 0 radical (unpaired) electrons. The summed E-state index contributed by atoms with van der Waals surface area (Å²) in [7, 11) is -0.973. The molecule has 0 amide bonds. The van der Waals surface area contributed by atoms with Crippen LogP contribution in [-0.4, -0.2) is 19.3 Å². The summed E-state index contributed by atoms with van der Waals surface area (Å²) >= 11 is 0. The third-order valence-electron chi connectivity index (χ3n) is 1.70. The number of allylic oxidation sites excluding steroid dienone is 1. The predicted molar refractivity (Wildman–Crippen MR) is 58.2 cm³/mol. The van der Waals surface area contributed by atoms with E-state index < -0.39 is 8.07 Å². The second-order valence-electron chi connectivity index (χ2n) is 4.88. The Morgan fingerprint density at radius 1 is 1.42 bits per heavy atom. The first kappa shape index (κ1) is 11.9. The third-order valence-corrected chi connectivity index (χ3v) is 3.26. The molecule has 0 saturated carbocycles. The van der Waals surface area contributed by atoms with Crippen LogP contribution < -0.4 is 0 Å². The van der Waals surface area contributed by atoms with Crippen molar-refractivity contribution in [2.45, 2.75) is 51.6 Å². The fraction of sp³-hybridized carbons (Fsp3) is 0.800. The Labute approximate surface area is 77.5 Å². The zero-order valence-electron chi connectivity index (χ0n) is 8.85. The molecule has 0 unspecified atom stereocenters. The monoisotopic (exact) mass is 186 g/mol. The molecule has 1 N–H and O–H groups in total. The number of aliphatic hydroxyl groups excluding tert-OH is 1. The molecular weight excluding hydrogens is 164 g/mol. The summed E-state index contributed by atoms with van der Waals surface area (Å²) in [6, 6.07) is 1.19. The van der Waals surface area contributed by atoms with Gasteiger partial charge in [-0.3, -0.25) is 0 Å². The van der Waals surface area contributed by atoms with Gasteiger partial charge in [0.25, 0.3) is 0 Å². The van der Waals surface area contributed by atoms with E-state index in [2.05, 4.69) is 26.2 Å². The summed E-state index contributed by atoms with van der Waals surface area (Å²) in [5.74, 6) is 0. The smallest absolute Gasteiger partial charge is 0.0515 e. The van der Waals surface area contributed by atoms with E-state index >= 15 is 0 Å². The van der Waals surface area contributed by atoms with Crippen LogP contribution in [0.4, 0.5) is 0 Å². The lowest BCUT2D eigenvalue weighted by atomic mass is 10.1. The Hall–Kier alpha value is -0.0831. The Bertz CT molecular complexity index is 144. The van der Waals surface area contributed by atoms with Gasteiger partial charge >= 0.3 is 0 Å². The van der Waals surface area contributed by atoms with Crippen molar-refractivity contribution in [1.29, 1.82) is 0 Å². The average molecular weight is 186 g/mol. The SMILES string of the molecule is C=C(CC[C@@H](C)O)C[Si](C)(C)C. The van der Waals surface area contributed by atoms with Crippen molar-refractivity contribution in [1.82, 2.24) is 0 Å². The molecule has 0 saturated heterocycles. The van der Waals surface area contributed by atoms with Gasteiger partial charge in [0.1, 0.15) is 0 Å². The fourth-order valence-corrected chi connectivity index (χ4v) is 2.93. The van der Waals surface area contributed by atoms with Crippen LogP contribution in [0.1, 0.15) is 19.8 Å². The summed E-state index contributed by atoms with van der Waals surface area (Å²) in [6.07, 6.45) is 1.68. The first-order chi connectivity index (χ1) is 5.31. The average Bonchev–Trinajstić information content (AvgIpc) is 1.79. The molecule has 1 atom stereocenters. The van der Waals surface area contributed by atoms with Gasteiger partial charge in [0.05, 0.1) is 6.10 Å². The van der Waals surface area contributed by atoms with Crippen molar-refractivity contribution < 1.29 is 5.11 Å². The molecule has 0 aliphatic heterocycles. The van der Waals surface area contributed by atoms with Crippen molar-refractivity contribution >= 4 is 8.07 Å². The Morgan fingerprint density at radius 2 is 1.92 bits per heavy atom. The first-order valence-corrected chi connectivity index (χ1v) is 8.37. The molecule has 0 heterocycles. The topological polar surface area (TPSA) is 20.2 Å². The molecule has 0 bridgehead atoms. The first-order valence-electron chi connectivity index (χ1n) is 4.66. The van der Waals surface area contributed by atoms with Crippen molar-refractivity contribution in [2.75, 3.05) is 0 Å². The second kappa shape index (κ2) is 4.82. The number of aliphatic hydroxyl groups is 1. The van der Waals surface area contributed by atoms with Gasteiger partial charge in [0, 0.05) is 8.07 Å². The predicted octanol–water partition coefficient (Wildman–Crippen LogP) is 3.04. The summed E-state index contributed by atoms with van der Waals surface area (Å²) in [6.45, 7) is 12.9. The van der Waals surface area contributed by atoms with Crippen molar-refractivity contribution in [3.05, 3.63) is 12.2 Å². The van der Waals surface area contributed by atoms with E-state index in [9.17, 15) is 0 Å². The summed E-state index contributed by atoms with van der Waals surface area (Å²) in [4.78, 5) is 0. The lowest BCUT2D eigenvalue weighted by Crippen LogP contribution is -2.19. The van der Waals surface area contributed by atoms with E-state index in [-0.39, 0.29) is 6.10 Å². The molecule has 2 heteroatoms. The molecule has 0 aliphatic carbocycles. The Balaban J connectivity index is 3.61. The van der Waals surface area contributed by atoms with E-state index in [1.165, 1.54) is 11.6 Å². The van der Waals surface area contributed by atoms with Gasteiger partial charge < -0.3 is 5.11 Å². The minimum Gasteiger partial charge on any atom is -0.393 e. The van der Waals surface area contributed by atoms with Crippen LogP contribution >= 0.6 is 0 Å². The summed E-state index contributed by atoms with van der Waals surface area (Å²) < 4.78 is 0. The Morgan fingerprint density at radius 3 is 2.25 bits per heavy atom. The van der Waals surface area contributed by atoms with Gasteiger partial charge in [-0.2, -0.15) is 0 Å². The van der Waals surface area contributed by atoms with Crippen LogP contribution in [0, 0.1) is 0 Å². The van der Waals surface area contributed by atoms with Gasteiger partial charge in [-0.25, -0.2) is 0 Å². The maximum atomic E-state index is 9.07. The molecule has 0 aliphatic rings. The highest BCUT2D eigenvalue weighted by Gasteiger charge is 2.14. The molecule has 0 aromatic carbocycles. The Kier molecular flexibility index (Phi) is 4.79. The van der Waals surface area contributed by atoms with E-state index in [0.717, 1.165) is 12.8 Å². The normalized spacial score (nSPS) is 14.4. The second-order valence-corrected chi connectivity index (χ2v) is 10.4. The largest absolute Gasteiger partial charge is 0.393 e. The minimum absolute atomic E-state index is 0.177. The van der Waals surface area contributed by atoms with Gasteiger partial charge in [-0.1, -0.05) is 25.2 Å². The van der Waals surface area contributed by atoms with E-state index in [1.807, 2.05) is 6.92 Å². The van der Waals surface area contributed by atoms with Crippen molar-refractivity contribution in [3.63, 3.8) is 0 Å². The van der Waals surface area contributed by atoms with E-state index in [0.29, 0.717) is 0 Å². The molecule has 72 valence electrons. The maximum Gasteiger partial charge on any atom is 0.0515 e. The molecule has 0 rings (SSSR count).